The summed E-state index contributed by atoms with van der Waals surface area (Å²) in [6.45, 7) is 0. The second kappa shape index (κ2) is 1.46. The fraction of sp³-hybridized carbons (Fsp3) is 0.889. The van der Waals surface area contributed by atoms with Crippen molar-refractivity contribution in [1.29, 1.82) is 0 Å². The van der Waals surface area contributed by atoms with Crippen molar-refractivity contribution < 1.29 is 4.79 Å². The summed E-state index contributed by atoms with van der Waals surface area (Å²) in [6.07, 6.45) is 4.92. The average Bonchev–Trinajstić information content (AvgIpc) is 2.38. The van der Waals surface area contributed by atoms with Crippen molar-refractivity contribution in [2.45, 2.75) is 19.3 Å². The summed E-state index contributed by atoms with van der Waals surface area (Å²) in [5.74, 6) is 4.96. The van der Waals surface area contributed by atoms with Crippen molar-refractivity contribution in [1.82, 2.24) is 0 Å². The van der Waals surface area contributed by atoms with E-state index in [4.69, 9.17) is 0 Å². The maximum Gasteiger partial charge on any atom is 0.120 e. The first-order chi connectivity index (χ1) is 4.92. The summed E-state index contributed by atoms with van der Waals surface area (Å²) in [7, 11) is 0. The summed E-state index contributed by atoms with van der Waals surface area (Å²) in [6, 6.07) is 0. The lowest BCUT2D eigenvalue weighted by atomic mass is 9.96. The zero-order valence-electron chi connectivity index (χ0n) is 5.99. The van der Waals surface area contributed by atoms with Crippen LogP contribution in [0.1, 0.15) is 19.3 Å². The van der Waals surface area contributed by atoms with Crippen LogP contribution in [0.2, 0.25) is 0 Å². The van der Waals surface area contributed by atoms with E-state index >= 15 is 0 Å². The Kier molecular flexibility index (Phi) is 0.781. The number of hydrogen-bond acceptors (Lipinski definition) is 1. The van der Waals surface area contributed by atoms with E-state index in [9.17, 15) is 4.79 Å². The maximum absolute atomic E-state index is 10.3. The smallest absolute Gasteiger partial charge is 0.120 e. The van der Waals surface area contributed by atoms with Gasteiger partial charge >= 0.3 is 0 Å². The van der Waals surface area contributed by atoms with Crippen LogP contribution in [0.15, 0.2) is 0 Å². The van der Waals surface area contributed by atoms with Crippen molar-refractivity contribution >= 4 is 6.29 Å². The van der Waals surface area contributed by atoms with E-state index in [1.807, 2.05) is 0 Å². The Bertz CT molecular complexity index is 173. The summed E-state index contributed by atoms with van der Waals surface area (Å²) in [5, 5.41) is 0. The first-order valence-corrected chi connectivity index (χ1v) is 4.35. The molecule has 4 aliphatic rings. The maximum atomic E-state index is 10.3. The van der Waals surface area contributed by atoms with Crippen LogP contribution < -0.4 is 0 Å². The van der Waals surface area contributed by atoms with Crippen LogP contribution in [0.25, 0.3) is 0 Å². The molecular formula is C9H12O. The van der Waals surface area contributed by atoms with E-state index in [2.05, 4.69) is 0 Å². The molecular weight excluding hydrogens is 124 g/mol. The van der Waals surface area contributed by atoms with Crippen LogP contribution in [0.5, 0.6) is 0 Å². The van der Waals surface area contributed by atoms with E-state index in [0.717, 1.165) is 42.3 Å². The molecule has 0 aromatic rings. The molecule has 0 aliphatic heterocycles. The van der Waals surface area contributed by atoms with Crippen LogP contribution in [0.3, 0.4) is 0 Å². The Balaban J connectivity index is 1.84. The van der Waals surface area contributed by atoms with E-state index in [1.54, 1.807) is 0 Å². The van der Waals surface area contributed by atoms with Gasteiger partial charge in [-0.25, -0.2) is 0 Å². The Hall–Kier alpha value is -0.330. The summed E-state index contributed by atoms with van der Waals surface area (Å²) < 4.78 is 0. The molecule has 54 valence electrons. The minimum absolute atomic E-state index is 0.826. The average molecular weight is 136 g/mol. The topological polar surface area (TPSA) is 17.1 Å². The third kappa shape index (κ3) is 0.415. The molecule has 1 heteroatoms. The van der Waals surface area contributed by atoms with Gasteiger partial charge in [-0.15, -0.1) is 0 Å². The second-order valence-corrected chi connectivity index (χ2v) is 4.20. The summed E-state index contributed by atoms with van der Waals surface area (Å²) in [5.41, 5.74) is 0. The standard InChI is InChI=1S/C9H12O/c10-2-1-6-5-3-7-8(4-5)9(6)7/h2,5-9H,1,3-4H2. The number of aldehydes is 1. The lowest BCUT2D eigenvalue weighted by molar-refractivity contribution is -0.108. The minimum atomic E-state index is 0.826. The van der Waals surface area contributed by atoms with Crippen LogP contribution in [-0.4, -0.2) is 6.29 Å². The van der Waals surface area contributed by atoms with Gasteiger partial charge < -0.3 is 4.79 Å². The predicted octanol–water partition coefficient (Wildman–Crippen LogP) is 1.48. The highest BCUT2D eigenvalue weighted by Crippen LogP contribution is 2.73. The first kappa shape index (κ1) is 5.34. The highest BCUT2D eigenvalue weighted by molar-refractivity contribution is 5.50. The third-order valence-electron chi connectivity index (χ3n) is 4.02. The van der Waals surface area contributed by atoms with Crippen LogP contribution in [0.4, 0.5) is 0 Å². The monoisotopic (exact) mass is 136 g/mol. The normalized spacial score (nSPS) is 61.0. The lowest BCUT2D eigenvalue weighted by Crippen LogP contribution is -2.04. The molecule has 0 heterocycles. The molecule has 4 bridgehead atoms. The van der Waals surface area contributed by atoms with Gasteiger partial charge in [-0.05, 0) is 42.4 Å². The van der Waals surface area contributed by atoms with Crippen molar-refractivity contribution in [3.63, 3.8) is 0 Å². The van der Waals surface area contributed by atoms with Crippen LogP contribution in [-0.2, 0) is 4.79 Å². The number of rotatable bonds is 2. The zero-order valence-corrected chi connectivity index (χ0v) is 5.99. The van der Waals surface area contributed by atoms with Gasteiger partial charge in [0.15, 0.2) is 0 Å². The highest BCUT2D eigenvalue weighted by atomic mass is 16.1. The fourth-order valence-electron chi connectivity index (χ4n) is 3.69. The lowest BCUT2D eigenvalue weighted by Gasteiger charge is -2.09. The van der Waals surface area contributed by atoms with Crippen molar-refractivity contribution in [3.05, 3.63) is 0 Å². The van der Waals surface area contributed by atoms with Gasteiger partial charge in [0, 0.05) is 6.42 Å². The first-order valence-electron chi connectivity index (χ1n) is 4.35. The highest BCUT2D eigenvalue weighted by Gasteiger charge is 2.67. The van der Waals surface area contributed by atoms with Crippen LogP contribution in [0, 0.1) is 29.6 Å². The fourth-order valence-corrected chi connectivity index (χ4v) is 3.69. The SMILES string of the molecule is O=CCC1C2CC3C(C2)C13. The van der Waals surface area contributed by atoms with Gasteiger partial charge in [0.1, 0.15) is 6.29 Å². The molecule has 3 unspecified atom stereocenters. The molecule has 10 heavy (non-hydrogen) atoms. The molecule has 0 aromatic carbocycles. The Morgan fingerprint density at radius 2 is 2.00 bits per heavy atom. The minimum Gasteiger partial charge on any atom is -0.303 e. The number of hydrogen-bond donors (Lipinski definition) is 0. The second-order valence-electron chi connectivity index (χ2n) is 4.20. The molecule has 0 N–H and O–H groups in total. The Labute approximate surface area is 60.8 Å². The predicted molar refractivity (Wildman–Crippen MR) is 37.4 cm³/mol. The summed E-state index contributed by atoms with van der Waals surface area (Å²) in [4.78, 5) is 10.3. The molecule has 4 aliphatic carbocycles. The quantitative estimate of drug-likeness (QED) is 0.525. The van der Waals surface area contributed by atoms with Crippen molar-refractivity contribution in [2.24, 2.45) is 29.6 Å². The van der Waals surface area contributed by atoms with E-state index in [-0.39, 0.29) is 0 Å². The van der Waals surface area contributed by atoms with Crippen molar-refractivity contribution in [3.8, 4) is 0 Å². The Morgan fingerprint density at radius 3 is 2.40 bits per heavy atom. The molecule has 0 amide bonds. The van der Waals surface area contributed by atoms with E-state index < -0.39 is 0 Å². The van der Waals surface area contributed by atoms with Crippen molar-refractivity contribution in [2.75, 3.05) is 0 Å². The van der Waals surface area contributed by atoms with Gasteiger partial charge in [0.05, 0.1) is 0 Å². The van der Waals surface area contributed by atoms with Gasteiger partial charge in [-0.3, -0.25) is 0 Å². The third-order valence-corrected chi connectivity index (χ3v) is 4.02. The summed E-state index contributed by atoms with van der Waals surface area (Å²) >= 11 is 0. The number of carbonyl (C=O) groups is 1. The Morgan fingerprint density at radius 1 is 1.30 bits per heavy atom. The van der Waals surface area contributed by atoms with Gasteiger partial charge in [-0.2, -0.15) is 0 Å². The molecule has 1 nitrogen and oxygen atoms in total. The molecule has 4 saturated carbocycles. The molecule has 3 atom stereocenters. The largest absolute Gasteiger partial charge is 0.303 e. The van der Waals surface area contributed by atoms with E-state index in [1.165, 1.54) is 12.8 Å². The molecule has 0 spiro atoms. The molecule has 0 radical (unpaired) electrons. The van der Waals surface area contributed by atoms with Gasteiger partial charge in [0.2, 0.25) is 0 Å². The molecule has 0 aromatic heterocycles. The van der Waals surface area contributed by atoms with Gasteiger partial charge in [-0.1, -0.05) is 0 Å². The molecule has 0 saturated heterocycles. The number of carbonyl (C=O) groups excluding carboxylic acids is 1. The van der Waals surface area contributed by atoms with Crippen LogP contribution >= 0.6 is 0 Å². The molecule has 4 rings (SSSR count). The zero-order chi connectivity index (χ0) is 6.72. The van der Waals surface area contributed by atoms with E-state index in [0.29, 0.717) is 0 Å². The molecule has 4 fully saturated rings. The van der Waals surface area contributed by atoms with Gasteiger partial charge in [0.25, 0.3) is 0 Å².